The van der Waals surface area contributed by atoms with Crippen LogP contribution in [0.5, 0.6) is 11.6 Å². The standard InChI is InChI=1S/C25H24N6O2/c1-3-21(32)30-14-11-18(15-30)22-20-10-13-28-25(26)31(20)23(29-22)17-6-8-19(9-7-17)33-24-16(2)5-4-12-27-24/h3-10,12-13,18H,1,11,14-15H2,2H3,(H2,26,28). The molecule has 1 aliphatic heterocycles. The number of nitrogens with zero attached hydrogens (tertiary/aromatic N) is 5. The molecule has 1 fully saturated rings. The number of amides is 1. The van der Waals surface area contributed by atoms with E-state index in [9.17, 15) is 4.79 Å². The lowest BCUT2D eigenvalue weighted by molar-refractivity contribution is -0.125. The number of hydrogen-bond acceptors (Lipinski definition) is 6. The molecule has 3 aromatic heterocycles. The molecule has 166 valence electrons. The summed E-state index contributed by atoms with van der Waals surface area (Å²) in [5.74, 6) is 2.40. The maximum atomic E-state index is 12.1. The van der Waals surface area contributed by atoms with Gasteiger partial charge in [0.05, 0.1) is 11.2 Å². The van der Waals surface area contributed by atoms with Crippen LogP contribution in [0.25, 0.3) is 16.9 Å². The van der Waals surface area contributed by atoms with Crippen molar-refractivity contribution in [3.8, 4) is 23.0 Å². The Morgan fingerprint density at radius 3 is 2.76 bits per heavy atom. The first-order valence-corrected chi connectivity index (χ1v) is 10.8. The fourth-order valence-corrected chi connectivity index (χ4v) is 4.25. The number of benzene rings is 1. The second-order valence-corrected chi connectivity index (χ2v) is 8.07. The summed E-state index contributed by atoms with van der Waals surface area (Å²) in [5.41, 5.74) is 9.93. The van der Waals surface area contributed by atoms with E-state index in [1.54, 1.807) is 17.3 Å². The van der Waals surface area contributed by atoms with Crippen molar-refractivity contribution in [2.75, 3.05) is 18.8 Å². The molecule has 1 unspecified atom stereocenters. The van der Waals surface area contributed by atoms with Crippen LogP contribution in [0.4, 0.5) is 5.95 Å². The lowest BCUT2D eigenvalue weighted by Gasteiger charge is -2.13. The number of fused-ring (bicyclic) bond motifs is 1. The zero-order valence-electron chi connectivity index (χ0n) is 18.3. The maximum Gasteiger partial charge on any atom is 0.245 e. The van der Waals surface area contributed by atoms with Gasteiger partial charge in [0.15, 0.2) is 0 Å². The molecule has 8 nitrogen and oxygen atoms in total. The number of likely N-dealkylation sites (tertiary alicyclic amines) is 1. The molecule has 0 bridgehead atoms. The predicted octanol–water partition coefficient (Wildman–Crippen LogP) is 3.98. The van der Waals surface area contributed by atoms with E-state index in [2.05, 4.69) is 16.5 Å². The van der Waals surface area contributed by atoms with Gasteiger partial charge in [0.2, 0.25) is 17.7 Å². The van der Waals surface area contributed by atoms with Gasteiger partial charge in [-0.3, -0.25) is 9.20 Å². The average Bonchev–Trinajstić information content (AvgIpc) is 3.47. The van der Waals surface area contributed by atoms with E-state index in [1.807, 2.05) is 53.8 Å². The Bertz CT molecular complexity index is 1350. The largest absolute Gasteiger partial charge is 0.439 e. The number of pyridine rings is 1. The number of rotatable bonds is 5. The summed E-state index contributed by atoms with van der Waals surface area (Å²) in [7, 11) is 0. The molecule has 4 aromatic rings. The molecule has 1 aliphatic rings. The normalized spacial score (nSPS) is 15.7. The van der Waals surface area contributed by atoms with E-state index in [4.69, 9.17) is 15.5 Å². The second-order valence-electron chi connectivity index (χ2n) is 8.07. The van der Waals surface area contributed by atoms with Crippen molar-refractivity contribution in [2.45, 2.75) is 19.3 Å². The van der Waals surface area contributed by atoms with Crippen LogP contribution in [0.3, 0.4) is 0 Å². The topological polar surface area (TPSA) is 98.6 Å². The molecule has 1 atom stereocenters. The molecule has 1 amide bonds. The Kier molecular flexibility index (Phi) is 5.26. The fourth-order valence-electron chi connectivity index (χ4n) is 4.25. The van der Waals surface area contributed by atoms with Gasteiger partial charge in [-0.25, -0.2) is 15.0 Å². The van der Waals surface area contributed by atoms with Crippen LogP contribution in [0.2, 0.25) is 0 Å². The highest BCUT2D eigenvalue weighted by Crippen LogP contribution is 2.34. The molecular formula is C25H24N6O2. The van der Waals surface area contributed by atoms with Gasteiger partial charge in [-0.2, -0.15) is 0 Å². The number of nitrogens with two attached hydrogens (primary N) is 1. The number of aryl methyl sites for hydroxylation is 1. The van der Waals surface area contributed by atoms with E-state index in [1.165, 1.54) is 6.08 Å². The van der Waals surface area contributed by atoms with Gasteiger partial charge in [-0.15, -0.1) is 0 Å². The molecule has 0 aliphatic carbocycles. The van der Waals surface area contributed by atoms with Gasteiger partial charge >= 0.3 is 0 Å². The van der Waals surface area contributed by atoms with Gasteiger partial charge in [-0.05, 0) is 55.8 Å². The summed E-state index contributed by atoms with van der Waals surface area (Å²) in [6.45, 7) is 6.84. The maximum absolute atomic E-state index is 12.1. The number of carbonyl (C=O) groups is 1. The monoisotopic (exact) mass is 440 g/mol. The Balaban J connectivity index is 1.49. The number of aromatic nitrogens is 4. The minimum Gasteiger partial charge on any atom is -0.439 e. The van der Waals surface area contributed by atoms with Crippen LogP contribution in [-0.4, -0.2) is 43.2 Å². The van der Waals surface area contributed by atoms with E-state index >= 15 is 0 Å². The van der Waals surface area contributed by atoms with Gasteiger partial charge in [0.25, 0.3) is 0 Å². The predicted molar refractivity (Wildman–Crippen MR) is 126 cm³/mol. The van der Waals surface area contributed by atoms with Crippen molar-refractivity contribution < 1.29 is 9.53 Å². The van der Waals surface area contributed by atoms with E-state index in [0.717, 1.165) is 28.8 Å². The lowest BCUT2D eigenvalue weighted by atomic mass is 10.0. The molecule has 2 N–H and O–H groups in total. The summed E-state index contributed by atoms with van der Waals surface area (Å²) in [6, 6.07) is 13.4. The zero-order valence-corrected chi connectivity index (χ0v) is 18.3. The number of nitrogen functional groups attached to an aromatic ring is 1. The SMILES string of the molecule is C=CC(=O)N1CCC(c2nc(-c3ccc(Oc4ncccc4C)cc3)n3c(N)nccc23)C1. The highest BCUT2D eigenvalue weighted by Gasteiger charge is 2.30. The van der Waals surface area contributed by atoms with Gasteiger partial charge in [0.1, 0.15) is 11.6 Å². The molecule has 8 heteroatoms. The minimum atomic E-state index is -0.0545. The highest BCUT2D eigenvalue weighted by molar-refractivity contribution is 5.87. The number of ether oxygens (including phenoxy) is 1. The number of imidazole rings is 1. The van der Waals surface area contributed by atoms with Crippen molar-refractivity contribution in [1.29, 1.82) is 0 Å². The van der Waals surface area contributed by atoms with E-state index < -0.39 is 0 Å². The fraction of sp³-hybridized carbons (Fsp3) is 0.200. The van der Waals surface area contributed by atoms with Crippen molar-refractivity contribution in [1.82, 2.24) is 24.3 Å². The molecule has 33 heavy (non-hydrogen) atoms. The Morgan fingerprint density at radius 2 is 2.00 bits per heavy atom. The third kappa shape index (κ3) is 3.80. The first kappa shape index (κ1) is 20.7. The third-order valence-corrected chi connectivity index (χ3v) is 5.96. The van der Waals surface area contributed by atoms with Crippen LogP contribution in [0.1, 0.15) is 23.6 Å². The van der Waals surface area contributed by atoms with Crippen molar-refractivity contribution in [3.05, 3.63) is 78.8 Å². The number of carbonyl (C=O) groups excluding carboxylic acids is 1. The number of anilines is 1. The first-order valence-electron chi connectivity index (χ1n) is 10.8. The zero-order chi connectivity index (χ0) is 22.9. The van der Waals surface area contributed by atoms with Crippen LogP contribution < -0.4 is 10.5 Å². The molecule has 1 saturated heterocycles. The third-order valence-electron chi connectivity index (χ3n) is 5.96. The lowest BCUT2D eigenvalue weighted by Crippen LogP contribution is -2.26. The molecule has 1 aromatic carbocycles. The van der Waals surface area contributed by atoms with Crippen LogP contribution >= 0.6 is 0 Å². The Hall–Kier alpha value is -4.20. The van der Waals surface area contributed by atoms with Crippen molar-refractivity contribution in [2.24, 2.45) is 0 Å². The Labute approximate surface area is 191 Å². The summed E-state index contributed by atoms with van der Waals surface area (Å²) in [5, 5.41) is 0. The summed E-state index contributed by atoms with van der Waals surface area (Å²) in [6.07, 6.45) is 5.59. The second kappa shape index (κ2) is 8.38. The van der Waals surface area contributed by atoms with Gasteiger partial charge in [0, 0.05) is 42.5 Å². The van der Waals surface area contributed by atoms with Crippen LogP contribution in [0, 0.1) is 6.92 Å². The van der Waals surface area contributed by atoms with Gasteiger partial charge in [-0.1, -0.05) is 12.6 Å². The first-order chi connectivity index (χ1) is 16.0. The van der Waals surface area contributed by atoms with E-state index in [-0.39, 0.29) is 11.8 Å². The molecule has 0 spiro atoms. The Morgan fingerprint density at radius 1 is 1.18 bits per heavy atom. The molecule has 4 heterocycles. The smallest absolute Gasteiger partial charge is 0.245 e. The summed E-state index contributed by atoms with van der Waals surface area (Å²) >= 11 is 0. The van der Waals surface area contributed by atoms with Crippen molar-refractivity contribution >= 4 is 17.4 Å². The summed E-state index contributed by atoms with van der Waals surface area (Å²) in [4.78, 5) is 27.4. The summed E-state index contributed by atoms with van der Waals surface area (Å²) < 4.78 is 7.79. The molecule has 5 rings (SSSR count). The van der Waals surface area contributed by atoms with Crippen LogP contribution in [-0.2, 0) is 4.79 Å². The molecular weight excluding hydrogens is 416 g/mol. The van der Waals surface area contributed by atoms with Crippen LogP contribution in [0.15, 0.2) is 67.5 Å². The average molecular weight is 441 g/mol. The quantitative estimate of drug-likeness (QED) is 0.472. The number of hydrogen-bond donors (Lipinski definition) is 1. The van der Waals surface area contributed by atoms with Crippen molar-refractivity contribution in [3.63, 3.8) is 0 Å². The van der Waals surface area contributed by atoms with Gasteiger partial charge < -0.3 is 15.4 Å². The molecule has 0 saturated carbocycles. The minimum absolute atomic E-state index is 0.0545. The molecule has 0 radical (unpaired) electrons. The highest BCUT2D eigenvalue weighted by atomic mass is 16.5. The van der Waals surface area contributed by atoms with E-state index in [0.29, 0.717) is 36.5 Å².